The van der Waals surface area contributed by atoms with Crippen LogP contribution >= 0.6 is 0 Å². The van der Waals surface area contributed by atoms with Crippen LogP contribution in [-0.2, 0) is 14.8 Å². The van der Waals surface area contributed by atoms with Crippen molar-refractivity contribution in [1.29, 1.82) is 0 Å². The molecule has 1 aromatic carbocycles. The fourth-order valence-corrected chi connectivity index (χ4v) is 2.89. The van der Waals surface area contributed by atoms with E-state index >= 15 is 0 Å². The topological polar surface area (TPSA) is 144 Å². The number of hydrogen-bond acceptors (Lipinski definition) is 6. The summed E-state index contributed by atoms with van der Waals surface area (Å²) < 4.78 is 26.2. The molecule has 0 saturated heterocycles. The maximum absolute atomic E-state index is 12.1. The van der Waals surface area contributed by atoms with Crippen molar-refractivity contribution in [2.75, 3.05) is 12.4 Å². The summed E-state index contributed by atoms with van der Waals surface area (Å²) in [5.41, 5.74) is 4.41. The standard InChI is InChI=1S/C10H14N4O5S/c1-6(10(11)15)13-20(18,19)8-5-3-4-7(12-2)9(8)14(16)17/h3-6,12-13H,1-2H3,(H2,11,15). The van der Waals surface area contributed by atoms with E-state index in [4.69, 9.17) is 5.73 Å². The summed E-state index contributed by atoms with van der Waals surface area (Å²) in [7, 11) is -2.82. The number of primary amides is 1. The van der Waals surface area contributed by atoms with Crippen molar-refractivity contribution >= 4 is 27.3 Å². The number of nitrogens with two attached hydrogens (primary N) is 1. The Labute approximate surface area is 115 Å². The monoisotopic (exact) mass is 302 g/mol. The predicted octanol–water partition coefficient (Wildman–Crippen LogP) is -0.211. The Kier molecular flexibility index (Phi) is 4.63. The smallest absolute Gasteiger partial charge is 0.312 e. The molecule has 1 amide bonds. The van der Waals surface area contributed by atoms with Crippen LogP contribution in [0, 0.1) is 10.1 Å². The lowest BCUT2D eigenvalue weighted by Gasteiger charge is -2.12. The molecule has 20 heavy (non-hydrogen) atoms. The van der Waals surface area contributed by atoms with Gasteiger partial charge in [-0.05, 0) is 19.1 Å². The lowest BCUT2D eigenvalue weighted by molar-refractivity contribution is -0.386. The van der Waals surface area contributed by atoms with Crippen LogP contribution < -0.4 is 15.8 Å². The van der Waals surface area contributed by atoms with E-state index in [-0.39, 0.29) is 5.69 Å². The van der Waals surface area contributed by atoms with E-state index < -0.39 is 37.5 Å². The largest absolute Gasteiger partial charge is 0.383 e. The van der Waals surface area contributed by atoms with Gasteiger partial charge in [-0.15, -0.1) is 0 Å². The fourth-order valence-electron chi connectivity index (χ4n) is 1.48. The zero-order valence-corrected chi connectivity index (χ0v) is 11.6. The minimum atomic E-state index is -4.25. The molecule has 9 nitrogen and oxygen atoms in total. The molecule has 110 valence electrons. The Morgan fingerprint density at radius 2 is 2.05 bits per heavy atom. The van der Waals surface area contributed by atoms with Gasteiger partial charge >= 0.3 is 5.69 Å². The average molecular weight is 302 g/mol. The molecule has 0 saturated carbocycles. The molecule has 1 rings (SSSR count). The fraction of sp³-hybridized carbons (Fsp3) is 0.300. The van der Waals surface area contributed by atoms with Gasteiger partial charge in [0.05, 0.1) is 11.0 Å². The Balaban J connectivity index is 3.39. The highest BCUT2D eigenvalue weighted by Gasteiger charge is 2.30. The van der Waals surface area contributed by atoms with Gasteiger partial charge in [-0.2, -0.15) is 4.72 Å². The molecule has 1 aromatic rings. The zero-order valence-electron chi connectivity index (χ0n) is 10.8. The number of para-hydroxylation sites is 1. The van der Waals surface area contributed by atoms with E-state index in [0.29, 0.717) is 0 Å². The van der Waals surface area contributed by atoms with Crippen molar-refractivity contribution in [3.63, 3.8) is 0 Å². The molecule has 0 bridgehead atoms. The maximum Gasteiger partial charge on any atom is 0.312 e. The van der Waals surface area contributed by atoms with Crippen LogP contribution in [0.5, 0.6) is 0 Å². The third kappa shape index (κ3) is 3.22. The molecule has 0 aromatic heterocycles. The third-order valence-electron chi connectivity index (χ3n) is 2.50. The number of rotatable bonds is 6. The molecule has 0 aliphatic rings. The van der Waals surface area contributed by atoms with E-state index in [1.54, 1.807) is 0 Å². The van der Waals surface area contributed by atoms with Gasteiger partial charge in [0.15, 0.2) is 4.90 Å². The lowest BCUT2D eigenvalue weighted by Crippen LogP contribution is -2.42. The number of benzene rings is 1. The first kappa shape index (κ1) is 15.9. The molecule has 10 heteroatoms. The van der Waals surface area contributed by atoms with Gasteiger partial charge < -0.3 is 11.1 Å². The van der Waals surface area contributed by atoms with Gasteiger partial charge in [0.1, 0.15) is 5.69 Å². The first-order chi connectivity index (χ1) is 9.20. The SMILES string of the molecule is CNc1cccc(S(=O)(=O)NC(C)C(N)=O)c1[N+](=O)[O-]. The molecule has 0 spiro atoms. The Hall–Kier alpha value is -2.20. The van der Waals surface area contributed by atoms with Crippen molar-refractivity contribution < 1.29 is 18.1 Å². The molecular formula is C10H14N4O5S. The maximum atomic E-state index is 12.1. The van der Waals surface area contributed by atoms with Crippen LogP contribution in [0.15, 0.2) is 23.1 Å². The number of carbonyl (C=O) groups excluding carboxylic acids is 1. The quantitative estimate of drug-likeness (QED) is 0.489. The van der Waals surface area contributed by atoms with Crippen molar-refractivity contribution in [1.82, 2.24) is 4.72 Å². The number of nitro groups is 1. The first-order valence-electron chi connectivity index (χ1n) is 5.47. The second-order valence-corrected chi connectivity index (χ2v) is 5.59. The average Bonchev–Trinajstić information content (AvgIpc) is 2.36. The zero-order chi connectivity index (χ0) is 15.5. The van der Waals surface area contributed by atoms with Gasteiger partial charge in [0.2, 0.25) is 15.9 Å². The Morgan fingerprint density at radius 1 is 1.45 bits per heavy atom. The van der Waals surface area contributed by atoms with E-state index in [2.05, 4.69) is 5.32 Å². The molecule has 0 fully saturated rings. The summed E-state index contributed by atoms with van der Waals surface area (Å²) in [6, 6.07) is 2.62. The van der Waals surface area contributed by atoms with Crippen LogP contribution in [0.3, 0.4) is 0 Å². The van der Waals surface area contributed by atoms with Crippen LogP contribution in [-0.4, -0.2) is 32.3 Å². The second kappa shape index (κ2) is 5.84. The molecule has 1 atom stereocenters. The van der Waals surface area contributed by atoms with Crippen LogP contribution in [0.25, 0.3) is 0 Å². The van der Waals surface area contributed by atoms with Gasteiger partial charge in [0, 0.05) is 7.05 Å². The molecule has 1 unspecified atom stereocenters. The third-order valence-corrected chi connectivity index (χ3v) is 4.07. The summed E-state index contributed by atoms with van der Waals surface area (Å²) in [6.45, 7) is 1.24. The van der Waals surface area contributed by atoms with Crippen molar-refractivity contribution in [3.8, 4) is 0 Å². The van der Waals surface area contributed by atoms with E-state index in [1.807, 2.05) is 4.72 Å². The Morgan fingerprint density at radius 3 is 2.50 bits per heavy atom. The predicted molar refractivity (Wildman–Crippen MR) is 71.6 cm³/mol. The van der Waals surface area contributed by atoms with Crippen LogP contribution in [0.1, 0.15) is 6.92 Å². The number of amides is 1. The number of sulfonamides is 1. The molecular weight excluding hydrogens is 288 g/mol. The minimum absolute atomic E-state index is 0.0459. The summed E-state index contributed by atoms with van der Waals surface area (Å²) in [5.74, 6) is -0.888. The van der Waals surface area contributed by atoms with E-state index in [0.717, 1.165) is 6.07 Å². The molecule has 0 aliphatic heterocycles. The summed E-state index contributed by atoms with van der Waals surface area (Å²) >= 11 is 0. The highest BCUT2D eigenvalue weighted by molar-refractivity contribution is 7.89. The minimum Gasteiger partial charge on any atom is -0.383 e. The van der Waals surface area contributed by atoms with Gasteiger partial charge in [-0.3, -0.25) is 14.9 Å². The molecule has 4 N–H and O–H groups in total. The highest BCUT2D eigenvalue weighted by atomic mass is 32.2. The molecule has 0 radical (unpaired) electrons. The van der Waals surface area contributed by atoms with Crippen LogP contribution in [0.2, 0.25) is 0 Å². The van der Waals surface area contributed by atoms with Gasteiger partial charge in [-0.25, -0.2) is 8.42 Å². The van der Waals surface area contributed by atoms with Crippen molar-refractivity contribution in [2.45, 2.75) is 17.9 Å². The number of nitro benzene ring substituents is 1. The number of anilines is 1. The van der Waals surface area contributed by atoms with Crippen molar-refractivity contribution in [2.24, 2.45) is 5.73 Å². The summed E-state index contributed by atoms with van der Waals surface area (Å²) in [4.78, 5) is 20.6. The number of carbonyl (C=O) groups is 1. The second-order valence-electron chi connectivity index (χ2n) is 3.90. The Bertz CT molecular complexity index is 643. The van der Waals surface area contributed by atoms with Crippen LogP contribution in [0.4, 0.5) is 11.4 Å². The van der Waals surface area contributed by atoms with Gasteiger partial charge in [-0.1, -0.05) is 6.07 Å². The molecule has 0 heterocycles. The van der Waals surface area contributed by atoms with E-state index in [1.165, 1.54) is 26.1 Å². The first-order valence-corrected chi connectivity index (χ1v) is 6.96. The lowest BCUT2D eigenvalue weighted by atomic mass is 10.3. The van der Waals surface area contributed by atoms with E-state index in [9.17, 15) is 23.3 Å². The highest BCUT2D eigenvalue weighted by Crippen LogP contribution is 2.31. The molecule has 0 aliphatic carbocycles. The number of hydrogen-bond donors (Lipinski definition) is 3. The summed E-state index contributed by atoms with van der Waals surface area (Å²) in [6.07, 6.45) is 0. The van der Waals surface area contributed by atoms with Gasteiger partial charge in [0.25, 0.3) is 0 Å². The normalized spacial score (nSPS) is 12.7. The van der Waals surface area contributed by atoms with Crippen molar-refractivity contribution in [3.05, 3.63) is 28.3 Å². The summed E-state index contributed by atoms with van der Waals surface area (Å²) in [5, 5.41) is 13.6. The number of nitrogens with zero attached hydrogens (tertiary/aromatic N) is 1. The number of nitrogens with one attached hydrogen (secondary N) is 2.